The molecule has 6 nitrogen and oxygen atoms in total. The summed E-state index contributed by atoms with van der Waals surface area (Å²) >= 11 is 0. The Balaban J connectivity index is 1.39. The topological polar surface area (TPSA) is 75.7 Å². The highest BCUT2D eigenvalue weighted by atomic mass is 16.4. The molecule has 2 atom stereocenters. The molecule has 4 heterocycles. The predicted octanol–water partition coefficient (Wildman–Crippen LogP) is 4.26. The summed E-state index contributed by atoms with van der Waals surface area (Å²) in [4.78, 5) is 27.7. The van der Waals surface area contributed by atoms with Crippen molar-refractivity contribution in [3.8, 4) is 16.9 Å². The van der Waals surface area contributed by atoms with Crippen molar-refractivity contribution in [1.82, 2.24) is 9.47 Å². The summed E-state index contributed by atoms with van der Waals surface area (Å²) in [5.41, 5.74) is 4.08. The zero-order valence-corrected chi connectivity index (χ0v) is 19.0. The predicted molar refractivity (Wildman–Crippen MR) is 131 cm³/mol. The molecular formula is C28H26N2O4. The number of phenols is 1. The van der Waals surface area contributed by atoms with E-state index >= 15 is 0 Å². The third-order valence-electron chi connectivity index (χ3n) is 7.41. The Morgan fingerprint density at radius 2 is 1.79 bits per heavy atom. The Morgan fingerprint density at radius 1 is 0.971 bits per heavy atom. The van der Waals surface area contributed by atoms with Gasteiger partial charge in [0.15, 0.2) is 0 Å². The van der Waals surface area contributed by atoms with Crippen LogP contribution >= 0.6 is 0 Å². The van der Waals surface area contributed by atoms with Gasteiger partial charge in [-0.2, -0.15) is 0 Å². The van der Waals surface area contributed by atoms with Gasteiger partial charge in [0.2, 0.25) is 0 Å². The SMILES string of the molecule is Cc1c(-c2ccccc2)c(=O)oc2c(CN3C[C@@H]4C[C@H](C3)c3cccc(=O)n3C4)c(O)ccc12. The van der Waals surface area contributed by atoms with Gasteiger partial charge in [-0.15, -0.1) is 0 Å². The fourth-order valence-corrected chi connectivity index (χ4v) is 5.90. The van der Waals surface area contributed by atoms with Gasteiger partial charge in [-0.1, -0.05) is 36.4 Å². The van der Waals surface area contributed by atoms with Gasteiger partial charge >= 0.3 is 5.63 Å². The second-order valence-electron chi connectivity index (χ2n) is 9.59. The minimum absolute atomic E-state index is 0.0684. The molecule has 1 N–H and O–H groups in total. The van der Waals surface area contributed by atoms with E-state index in [0.717, 1.165) is 48.3 Å². The Kier molecular flexibility index (Phi) is 4.92. The number of hydrogen-bond donors (Lipinski definition) is 1. The largest absolute Gasteiger partial charge is 0.507 e. The van der Waals surface area contributed by atoms with Gasteiger partial charge in [-0.3, -0.25) is 9.69 Å². The maximum Gasteiger partial charge on any atom is 0.344 e. The molecule has 34 heavy (non-hydrogen) atoms. The maximum atomic E-state index is 13.0. The van der Waals surface area contributed by atoms with Crippen LogP contribution in [0.25, 0.3) is 22.1 Å². The average molecular weight is 455 g/mol. The summed E-state index contributed by atoms with van der Waals surface area (Å²) in [6.45, 7) is 4.76. The van der Waals surface area contributed by atoms with E-state index in [1.165, 1.54) is 0 Å². The molecule has 2 aliphatic heterocycles. The van der Waals surface area contributed by atoms with Crippen molar-refractivity contribution >= 4 is 11.0 Å². The standard InChI is InChI=1S/C28H26N2O4/c1-17-21-10-11-24(31)22(27(21)34-28(33)26(17)19-6-3-2-4-7-19)16-29-13-18-12-20(15-29)23-8-5-9-25(32)30(23)14-18/h2-11,18,20,31H,12-16H2,1H3/t18-,20+/m0/s1. The molecule has 172 valence electrons. The fourth-order valence-electron chi connectivity index (χ4n) is 5.90. The number of fused-ring (bicyclic) bond motifs is 5. The Labute approximate surface area is 196 Å². The van der Waals surface area contributed by atoms with E-state index in [1.807, 2.05) is 54.0 Å². The van der Waals surface area contributed by atoms with Crippen LogP contribution in [0.4, 0.5) is 0 Å². The second-order valence-corrected chi connectivity index (χ2v) is 9.59. The zero-order valence-electron chi connectivity index (χ0n) is 19.0. The summed E-state index contributed by atoms with van der Waals surface area (Å²) in [5.74, 6) is 0.786. The molecular weight excluding hydrogens is 428 g/mol. The van der Waals surface area contributed by atoms with E-state index in [9.17, 15) is 14.7 Å². The first-order valence-electron chi connectivity index (χ1n) is 11.8. The van der Waals surface area contributed by atoms with Gasteiger partial charge in [-0.25, -0.2) is 4.79 Å². The molecule has 2 aromatic heterocycles. The first kappa shape index (κ1) is 20.9. The highest BCUT2D eigenvalue weighted by molar-refractivity contribution is 5.89. The average Bonchev–Trinajstić information content (AvgIpc) is 2.82. The third kappa shape index (κ3) is 3.37. The number of piperidine rings is 1. The first-order valence-corrected chi connectivity index (χ1v) is 11.8. The van der Waals surface area contributed by atoms with Gasteiger partial charge < -0.3 is 14.1 Å². The van der Waals surface area contributed by atoms with Crippen LogP contribution < -0.4 is 11.2 Å². The van der Waals surface area contributed by atoms with Crippen LogP contribution in [0.1, 0.15) is 29.2 Å². The summed E-state index contributed by atoms with van der Waals surface area (Å²) in [7, 11) is 0. The molecule has 0 amide bonds. The van der Waals surface area contributed by atoms with Crippen LogP contribution in [0.2, 0.25) is 0 Å². The zero-order chi connectivity index (χ0) is 23.4. The molecule has 2 aromatic carbocycles. The lowest BCUT2D eigenvalue weighted by atomic mass is 9.83. The van der Waals surface area contributed by atoms with Crippen LogP contribution in [0, 0.1) is 12.8 Å². The number of phenolic OH excluding ortho intramolecular Hbond substituents is 1. The molecule has 0 saturated carbocycles. The van der Waals surface area contributed by atoms with Crippen molar-refractivity contribution in [1.29, 1.82) is 0 Å². The monoisotopic (exact) mass is 454 g/mol. The number of hydrogen-bond acceptors (Lipinski definition) is 5. The van der Waals surface area contributed by atoms with E-state index in [0.29, 0.717) is 29.2 Å². The number of rotatable bonds is 3. The molecule has 0 radical (unpaired) electrons. The van der Waals surface area contributed by atoms with Crippen molar-refractivity contribution < 1.29 is 9.52 Å². The van der Waals surface area contributed by atoms with E-state index < -0.39 is 5.63 Å². The number of likely N-dealkylation sites (tertiary alicyclic amines) is 1. The molecule has 6 heteroatoms. The van der Waals surface area contributed by atoms with E-state index in [-0.39, 0.29) is 17.2 Å². The molecule has 4 aromatic rings. The summed E-state index contributed by atoms with van der Waals surface area (Å²) < 4.78 is 7.78. The number of aromatic nitrogens is 1. The lowest BCUT2D eigenvalue weighted by Gasteiger charge is -2.42. The van der Waals surface area contributed by atoms with Gasteiger partial charge in [0, 0.05) is 49.2 Å². The van der Waals surface area contributed by atoms with Crippen molar-refractivity contribution in [3.05, 3.63) is 98.3 Å². The quantitative estimate of drug-likeness (QED) is 0.468. The third-order valence-corrected chi connectivity index (χ3v) is 7.41. The minimum Gasteiger partial charge on any atom is -0.507 e. The summed E-state index contributed by atoms with van der Waals surface area (Å²) in [6.07, 6.45) is 1.07. The molecule has 1 fully saturated rings. The van der Waals surface area contributed by atoms with E-state index in [1.54, 1.807) is 12.1 Å². The number of aromatic hydroxyl groups is 1. The first-order chi connectivity index (χ1) is 16.5. The van der Waals surface area contributed by atoms with E-state index in [2.05, 4.69) is 11.0 Å². The van der Waals surface area contributed by atoms with Gasteiger partial charge in [0.25, 0.3) is 5.56 Å². The minimum atomic E-state index is -0.396. The van der Waals surface area contributed by atoms with Crippen LogP contribution in [0.3, 0.4) is 0 Å². The smallest absolute Gasteiger partial charge is 0.344 e. The molecule has 0 aliphatic carbocycles. The van der Waals surface area contributed by atoms with Crippen LogP contribution in [0.15, 0.2) is 74.7 Å². The van der Waals surface area contributed by atoms with Crippen molar-refractivity contribution in [3.63, 3.8) is 0 Å². The molecule has 2 bridgehead atoms. The molecule has 0 spiro atoms. The number of pyridine rings is 1. The molecule has 0 unspecified atom stereocenters. The number of aryl methyl sites for hydroxylation is 1. The maximum absolute atomic E-state index is 13.0. The molecule has 1 saturated heterocycles. The van der Waals surface area contributed by atoms with Crippen molar-refractivity contribution in [2.45, 2.75) is 32.4 Å². The van der Waals surface area contributed by atoms with Gasteiger partial charge in [-0.05, 0) is 48.6 Å². The summed E-state index contributed by atoms with van der Waals surface area (Å²) in [5, 5.41) is 11.6. The van der Waals surface area contributed by atoms with Gasteiger partial charge in [0.05, 0.1) is 11.1 Å². The Morgan fingerprint density at radius 3 is 2.62 bits per heavy atom. The highest BCUT2D eigenvalue weighted by Crippen LogP contribution is 2.38. The highest BCUT2D eigenvalue weighted by Gasteiger charge is 2.35. The molecule has 6 rings (SSSR count). The lowest BCUT2D eigenvalue weighted by Crippen LogP contribution is -2.46. The fraction of sp³-hybridized carbons (Fsp3) is 0.286. The second kappa shape index (κ2) is 7.99. The number of benzene rings is 2. The van der Waals surface area contributed by atoms with Crippen molar-refractivity contribution in [2.24, 2.45) is 5.92 Å². The van der Waals surface area contributed by atoms with Crippen LogP contribution in [0.5, 0.6) is 5.75 Å². The van der Waals surface area contributed by atoms with Gasteiger partial charge in [0.1, 0.15) is 11.3 Å². The Bertz CT molecular complexity index is 1520. The lowest BCUT2D eigenvalue weighted by molar-refractivity contribution is 0.113. The normalized spacial score (nSPS) is 19.8. The number of nitrogens with zero attached hydrogens (tertiary/aromatic N) is 2. The summed E-state index contributed by atoms with van der Waals surface area (Å²) in [6, 6.07) is 18.6. The van der Waals surface area contributed by atoms with Crippen LogP contribution in [-0.2, 0) is 13.1 Å². The Hall–Kier alpha value is -3.64. The molecule has 2 aliphatic rings. The van der Waals surface area contributed by atoms with E-state index in [4.69, 9.17) is 4.42 Å². The van der Waals surface area contributed by atoms with Crippen molar-refractivity contribution in [2.75, 3.05) is 13.1 Å². The van der Waals surface area contributed by atoms with Crippen LogP contribution in [-0.4, -0.2) is 27.7 Å².